The summed E-state index contributed by atoms with van der Waals surface area (Å²) in [4.78, 5) is 24.3. The molecule has 0 unspecified atom stereocenters. The largest absolute Gasteiger partial charge is 0.311 e. The van der Waals surface area contributed by atoms with Gasteiger partial charge in [0.25, 0.3) is 5.95 Å². The molecule has 1 fully saturated rings. The summed E-state index contributed by atoms with van der Waals surface area (Å²) in [6, 6.07) is 3.30. The lowest BCUT2D eigenvalue weighted by Gasteiger charge is -2.13. The second-order valence-electron chi connectivity index (χ2n) is 7.05. The minimum Gasteiger partial charge on any atom is -0.311 e. The van der Waals surface area contributed by atoms with E-state index in [1.54, 1.807) is 23.0 Å². The molecular weight excluding hydrogens is 335 g/mol. The van der Waals surface area contributed by atoms with E-state index in [1.807, 2.05) is 0 Å². The number of anilines is 1. The van der Waals surface area contributed by atoms with Crippen LogP contribution in [0.3, 0.4) is 0 Å². The quantitative estimate of drug-likeness (QED) is 0.777. The highest BCUT2D eigenvalue weighted by Gasteiger charge is 2.30. The Balaban J connectivity index is 1.89. The summed E-state index contributed by atoms with van der Waals surface area (Å²) in [5.41, 5.74) is 0.383. The number of halogens is 1. The zero-order valence-electron chi connectivity index (χ0n) is 14.8. The normalized spacial score (nSPS) is 14.6. The number of carbonyl (C=O) groups is 1. The summed E-state index contributed by atoms with van der Waals surface area (Å²) in [5.74, 6) is 0.913. The molecule has 4 rings (SSSR count). The van der Waals surface area contributed by atoms with Crippen LogP contribution in [0, 0.1) is 0 Å². The number of amides is 1. The zero-order valence-corrected chi connectivity index (χ0v) is 14.8. The van der Waals surface area contributed by atoms with Crippen molar-refractivity contribution in [3.05, 3.63) is 35.9 Å². The van der Waals surface area contributed by atoms with E-state index < -0.39 is 5.67 Å². The first-order chi connectivity index (χ1) is 12.3. The third kappa shape index (κ3) is 3.02. The van der Waals surface area contributed by atoms with Gasteiger partial charge in [0, 0.05) is 36.7 Å². The van der Waals surface area contributed by atoms with E-state index in [-0.39, 0.29) is 11.6 Å². The fraction of sp³-hybridized carbons (Fsp3) is 0.389. The molecule has 3 aromatic rings. The summed E-state index contributed by atoms with van der Waals surface area (Å²) in [7, 11) is 0. The van der Waals surface area contributed by atoms with E-state index in [9.17, 15) is 9.18 Å². The highest BCUT2D eigenvalue weighted by Crippen LogP contribution is 2.42. The van der Waals surface area contributed by atoms with Crippen LogP contribution in [-0.2, 0) is 10.5 Å². The van der Waals surface area contributed by atoms with Crippen LogP contribution >= 0.6 is 0 Å². The van der Waals surface area contributed by atoms with Crippen LogP contribution < -0.4 is 5.32 Å². The van der Waals surface area contributed by atoms with Gasteiger partial charge in [-0.2, -0.15) is 9.78 Å². The van der Waals surface area contributed by atoms with Crippen molar-refractivity contribution in [1.29, 1.82) is 0 Å². The molecule has 3 aromatic heterocycles. The standard InChI is InChI=1S/C18H19FN6O/c1-10(26)22-15-8-13-12(9-21-15)16(11-4-5-11)24-25(13)17-20-7-6-14(23-17)18(2,3)19/h6-9,11H,4-5H2,1-3H3,(H,21,22,26). The molecule has 26 heavy (non-hydrogen) atoms. The van der Waals surface area contributed by atoms with Gasteiger partial charge in [-0.25, -0.2) is 19.3 Å². The average Bonchev–Trinajstić information content (AvgIpc) is 3.35. The molecule has 1 N–H and O–H groups in total. The van der Waals surface area contributed by atoms with E-state index in [0.717, 1.165) is 29.4 Å². The minimum atomic E-state index is -1.58. The number of rotatable bonds is 4. The summed E-state index contributed by atoms with van der Waals surface area (Å²) >= 11 is 0. The monoisotopic (exact) mass is 354 g/mol. The number of hydrogen-bond acceptors (Lipinski definition) is 5. The molecule has 1 aliphatic carbocycles. The lowest BCUT2D eigenvalue weighted by molar-refractivity contribution is -0.114. The smallest absolute Gasteiger partial charge is 0.251 e. The molecule has 0 aromatic carbocycles. The van der Waals surface area contributed by atoms with Crippen molar-refractivity contribution >= 4 is 22.6 Å². The maximum atomic E-state index is 14.3. The molecule has 0 aliphatic heterocycles. The maximum absolute atomic E-state index is 14.3. The van der Waals surface area contributed by atoms with Crippen LogP contribution in [0.15, 0.2) is 24.5 Å². The maximum Gasteiger partial charge on any atom is 0.251 e. The molecule has 0 radical (unpaired) electrons. The molecule has 8 heteroatoms. The molecule has 0 saturated heterocycles. The van der Waals surface area contributed by atoms with E-state index in [4.69, 9.17) is 0 Å². The molecule has 1 aliphatic rings. The first-order valence-electron chi connectivity index (χ1n) is 8.52. The van der Waals surface area contributed by atoms with Gasteiger partial charge < -0.3 is 5.32 Å². The molecule has 0 spiro atoms. The van der Waals surface area contributed by atoms with E-state index >= 15 is 0 Å². The molecular formula is C18H19FN6O. The topological polar surface area (TPSA) is 85.6 Å². The third-order valence-corrected chi connectivity index (χ3v) is 4.30. The van der Waals surface area contributed by atoms with Crippen LogP contribution in [0.2, 0.25) is 0 Å². The summed E-state index contributed by atoms with van der Waals surface area (Å²) < 4.78 is 15.9. The average molecular weight is 354 g/mol. The second kappa shape index (κ2) is 5.82. The van der Waals surface area contributed by atoms with Crippen LogP contribution in [-0.4, -0.2) is 30.6 Å². The Morgan fingerprint density at radius 1 is 1.35 bits per heavy atom. The Labute approximate surface area is 149 Å². The van der Waals surface area contributed by atoms with Crippen molar-refractivity contribution in [2.45, 2.75) is 45.2 Å². The van der Waals surface area contributed by atoms with E-state index in [1.165, 1.54) is 27.0 Å². The molecule has 134 valence electrons. The summed E-state index contributed by atoms with van der Waals surface area (Å²) in [5, 5.41) is 8.25. The first-order valence-corrected chi connectivity index (χ1v) is 8.52. The van der Waals surface area contributed by atoms with Gasteiger partial charge in [-0.05, 0) is 32.8 Å². The van der Waals surface area contributed by atoms with Gasteiger partial charge in [-0.15, -0.1) is 0 Å². The molecule has 3 heterocycles. The number of nitrogens with zero attached hydrogens (tertiary/aromatic N) is 5. The predicted molar refractivity (Wildman–Crippen MR) is 94.9 cm³/mol. The van der Waals surface area contributed by atoms with Crippen molar-refractivity contribution in [2.24, 2.45) is 0 Å². The zero-order chi connectivity index (χ0) is 18.5. The van der Waals surface area contributed by atoms with Gasteiger partial charge >= 0.3 is 0 Å². The van der Waals surface area contributed by atoms with Crippen LogP contribution in [0.25, 0.3) is 16.9 Å². The van der Waals surface area contributed by atoms with Gasteiger partial charge in [0.1, 0.15) is 11.5 Å². The van der Waals surface area contributed by atoms with Gasteiger partial charge in [-0.3, -0.25) is 4.79 Å². The third-order valence-electron chi connectivity index (χ3n) is 4.30. The molecule has 0 bridgehead atoms. The minimum absolute atomic E-state index is 0.206. The van der Waals surface area contributed by atoms with E-state index in [2.05, 4.69) is 25.4 Å². The fourth-order valence-electron chi connectivity index (χ4n) is 2.87. The van der Waals surface area contributed by atoms with Crippen molar-refractivity contribution in [2.75, 3.05) is 5.32 Å². The van der Waals surface area contributed by atoms with Gasteiger partial charge in [0.2, 0.25) is 5.91 Å². The molecule has 7 nitrogen and oxygen atoms in total. The number of aromatic nitrogens is 5. The van der Waals surface area contributed by atoms with Crippen molar-refractivity contribution in [3.63, 3.8) is 0 Å². The van der Waals surface area contributed by atoms with Crippen LogP contribution in [0.1, 0.15) is 50.9 Å². The Morgan fingerprint density at radius 3 is 2.77 bits per heavy atom. The Morgan fingerprint density at radius 2 is 2.12 bits per heavy atom. The van der Waals surface area contributed by atoms with Gasteiger partial charge in [0.05, 0.1) is 16.9 Å². The number of alkyl halides is 1. The molecule has 1 amide bonds. The molecule has 1 saturated carbocycles. The predicted octanol–water partition coefficient (Wildman–Crippen LogP) is 3.25. The highest BCUT2D eigenvalue weighted by atomic mass is 19.1. The molecule has 0 atom stereocenters. The fourth-order valence-corrected chi connectivity index (χ4v) is 2.87. The van der Waals surface area contributed by atoms with Crippen molar-refractivity contribution in [3.8, 4) is 5.95 Å². The van der Waals surface area contributed by atoms with E-state index in [0.29, 0.717) is 17.7 Å². The van der Waals surface area contributed by atoms with Gasteiger partial charge in [-0.1, -0.05) is 0 Å². The van der Waals surface area contributed by atoms with Crippen molar-refractivity contribution < 1.29 is 9.18 Å². The summed E-state index contributed by atoms with van der Waals surface area (Å²) in [6.07, 6.45) is 5.40. The number of hydrogen-bond donors (Lipinski definition) is 1. The first kappa shape index (κ1) is 16.6. The number of pyridine rings is 1. The van der Waals surface area contributed by atoms with Gasteiger partial charge in [0.15, 0.2) is 0 Å². The lowest BCUT2D eigenvalue weighted by Crippen LogP contribution is -2.14. The lowest BCUT2D eigenvalue weighted by atomic mass is 10.1. The SMILES string of the molecule is CC(=O)Nc1cc2c(cn1)c(C1CC1)nn2-c1nccc(C(C)(C)F)n1. The Bertz CT molecular complexity index is 1000. The second-order valence-corrected chi connectivity index (χ2v) is 7.05. The van der Waals surface area contributed by atoms with Crippen LogP contribution in [0.4, 0.5) is 10.2 Å². The number of carbonyl (C=O) groups excluding carboxylic acids is 1. The van der Waals surface area contributed by atoms with Crippen LogP contribution in [0.5, 0.6) is 0 Å². The highest BCUT2D eigenvalue weighted by molar-refractivity contribution is 5.91. The Hall–Kier alpha value is -2.90. The Kier molecular flexibility index (Phi) is 3.71. The number of fused-ring (bicyclic) bond motifs is 1. The van der Waals surface area contributed by atoms with Crippen molar-refractivity contribution in [1.82, 2.24) is 24.7 Å². The summed E-state index contributed by atoms with van der Waals surface area (Å²) in [6.45, 7) is 4.33. The number of nitrogens with one attached hydrogen (secondary N) is 1.